The summed E-state index contributed by atoms with van der Waals surface area (Å²) in [7, 11) is 0. The lowest BCUT2D eigenvalue weighted by Gasteiger charge is -2.21. The molecule has 1 aromatic heterocycles. The van der Waals surface area contributed by atoms with Gasteiger partial charge in [-0.25, -0.2) is 10.8 Å². The molecule has 6 heteroatoms. The molecule has 1 saturated carbocycles. The fourth-order valence-corrected chi connectivity index (χ4v) is 3.33. The summed E-state index contributed by atoms with van der Waals surface area (Å²) in [5.41, 5.74) is 2.93. The predicted molar refractivity (Wildman–Crippen MR) is 83.2 cm³/mol. The van der Waals surface area contributed by atoms with E-state index in [0.717, 1.165) is 10.9 Å². The topological polar surface area (TPSA) is 80.0 Å². The molecule has 0 bridgehead atoms. The van der Waals surface area contributed by atoms with Gasteiger partial charge in [-0.1, -0.05) is 20.3 Å². The van der Waals surface area contributed by atoms with Crippen LogP contribution in [0, 0.1) is 11.8 Å². The number of hydrogen-bond donors (Lipinski definition) is 3. The molecular weight excluding hydrogens is 320 g/mol. The van der Waals surface area contributed by atoms with Gasteiger partial charge in [0.05, 0.1) is 5.56 Å². The summed E-state index contributed by atoms with van der Waals surface area (Å²) in [5.74, 6) is 6.89. The number of anilines is 1. The molecule has 110 valence electrons. The normalized spacial score (nSPS) is 25.5. The molecule has 1 aliphatic carbocycles. The van der Waals surface area contributed by atoms with Gasteiger partial charge in [-0.2, -0.15) is 0 Å². The first kappa shape index (κ1) is 15.3. The van der Waals surface area contributed by atoms with Gasteiger partial charge >= 0.3 is 0 Å². The Morgan fingerprint density at radius 3 is 2.90 bits per heavy atom. The lowest BCUT2D eigenvalue weighted by atomic mass is 9.93. The zero-order valence-electron chi connectivity index (χ0n) is 11.8. The molecule has 1 heterocycles. The average molecular weight is 341 g/mol. The van der Waals surface area contributed by atoms with E-state index in [1.54, 1.807) is 12.3 Å². The Labute approximate surface area is 127 Å². The van der Waals surface area contributed by atoms with E-state index in [0.29, 0.717) is 23.2 Å². The van der Waals surface area contributed by atoms with Crippen LogP contribution in [0.1, 0.15) is 43.5 Å². The highest BCUT2D eigenvalue weighted by atomic mass is 79.9. The molecule has 0 spiro atoms. The van der Waals surface area contributed by atoms with Gasteiger partial charge < -0.3 is 10.7 Å². The monoisotopic (exact) mass is 340 g/mol. The highest BCUT2D eigenvalue weighted by molar-refractivity contribution is 9.10. The number of halogens is 1. The highest BCUT2D eigenvalue weighted by Gasteiger charge is 2.32. The van der Waals surface area contributed by atoms with Gasteiger partial charge in [0, 0.05) is 16.7 Å². The molecule has 0 aromatic carbocycles. The summed E-state index contributed by atoms with van der Waals surface area (Å²) < 4.78 is 0.757. The van der Waals surface area contributed by atoms with Crippen LogP contribution in [0.5, 0.6) is 0 Å². The molecule has 0 radical (unpaired) electrons. The predicted octanol–water partition coefficient (Wildman–Crippen LogP) is 2.68. The largest absolute Gasteiger partial charge is 0.349 e. The second-order valence-corrected chi connectivity index (χ2v) is 6.29. The van der Waals surface area contributed by atoms with Crippen molar-refractivity contribution in [1.29, 1.82) is 0 Å². The molecule has 3 atom stereocenters. The van der Waals surface area contributed by atoms with E-state index in [1.807, 2.05) is 0 Å². The average Bonchev–Trinajstić information content (AvgIpc) is 2.79. The smallest absolute Gasteiger partial charge is 0.255 e. The van der Waals surface area contributed by atoms with Crippen LogP contribution in [-0.2, 0) is 0 Å². The minimum Gasteiger partial charge on any atom is -0.349 e. The first-order chi connectivity index (χ1) is 9.56. The standard InChI is InChI=1S/C14H21BrN4O/c1-3-9-4-5-12(8(9)2)18-14(20)11-6-10(15)7-17-13(11)19-16/h6-9,12H,3-5,16H2,1-2H3,(H,17,19)(H,18,20). The van der Waals surface area contributed by atoms with Gasteiger partial charge in [0.15, 0.2) is 5.82 Å². The SMILES string of the molecule is CCC1CCC(NC(=O)c2cc(Br)cnc2NN)C1C. The zero-order chi connectivity index (χ0) is 14.7. The Morgan fingerprint density at radius 1 is 1.55 bits per heavy atom. The molecular formula is C14H21BrN4O. The summed E-state index contributed by atoms with van der Waals surface area (Å²) in [6.07, 6.45) is 5.00. The second kappa shape index (κ2) is 6.54. The Kier molecular flexibility index (Phi) is 4.99. The van der Waals surface area contributed by atoms with Crippen molar-refractivity contribution in [3.63, 3.8) is 0 Å². The Balaban J connectivity index is 2.11. The maximum absolute atomic E-state index is 12.4. The molecule has 4 N–H and O–H groups in total. The Morgan fingerprint density at radius 2 is 2.30 bits per heavy atom. The number of amides is 1. The third-order valence-electron chi connectivity index (χ3n) is 4.30. The molecule has 1 aromatic rings. The van der Waals surface area contributed by atoms with E-state index in [-0.39, 0.29) is 11.9 Å². The number of hydrazine groups is 1. The number of pyridine rings is 1. The van der Waals surface area contributed by atoms with E-state index >= 15 is 0 Å². The summed E-state index contributed by atoms with van der Waals surface area (Å²) >= 11 is 3.33. The van der Waals surface area contributed by atoms with Crippen molar-refractivity contribution >= 4 is 27.7 Å². The number of hydrogen-bond acceptors (Lipinski definition) is 4. The Bertz CT molecular complexity index is 494. The number of carbonyl (C=O) groups excluding carboxylic acids is 1. The number of carbonyl (C=O) groups is 1. The molecule has 1 fully saturated rings. The number of nitrogens with two attached hydrogens (primary N) is 1. The number of nitrogens with zero attached hydrogens (tertiary/aromatic N) is 1. The van der Waals surface area contributed by atoms with Crippen LogP contribution < -0.4 is 16.6 Å². The fourth-order valence-electron chi connectivity index (χ4n) is 3.00. The molecule has 1 amide bonds. The molecule has 0 saturated heterocycles. The summed E-state index contributed by atoms with van der Waals surface area (Å²) in [6.45, 7) is 4.42. The maximum atomic E-state index is 12.4. The molecule has 3 unspecified atom stereocenters. The van der Waals surface area contributed by atoms with Crippen molar-refractivity contribution in [2.45, 2.75) is 39.2 Å². The molecule has 5 nitrogen and oxygen atoms in total. The van der Waals surface area contributed by atoms with Crippen molar-refractivity contribution in [3.8, 4) is 0 Å². The van der Waals surface area contributed by atoms with Gasteiger partial charge in [0.2, 0.25) is 0 Å². The fraction of sp³-hybridized carbons (Fsp3) is 0.571. The van der Waals surface area contributed by atoms with Gasteiger partial charge in [-0.05, 0) is 46.7 Å². The number of aromatic nitrogens is 1. The van der Waals surface area contributed by atoms with Crippen molar-refractivity contribution in [2.75, 3.05) is 5.43 Å². The minimum absolute atomic E-state index is 0.125. The van der Waals surface area contributed by atoms with Crippen molar-refractivity contribution in [2.24, 2.45) is 17.7 Å². The number of rotatable bonds is 4. The molecule has 2 rings (SSSR count). The Hall–Kier alpha value is -1.14. The van der Waals surface area contributed by atoms with Gasteiger partial charge in [-0.15, -0.1) is 0 Å². The first-order valence-electron chi connectivity index (χ1n) is 6.99. The van der Waals surface area contributed by atoms with E-state index < -0.39 is 0 Å². The van der Waals surface area contributed by atoms with Crippen molar-refractivity contribution in [1.82, 2.24) is 10.3 Å². The van der Waals surface area contributed by atoms with Gasteiger partial charge in [0.1, 0.15) is 0 Å². The lowest BCUT2D eigenvalue weighted by molar-refractivity contribution is 0.0927. The van der Waals surface area contributed by atoms with Crippen LogP contribution >= 0.6 is 15.9 Å². The molecule has 20 heavy (non-hydrogen) atoms. The van der Waals surface area contributed by atoms with Crippen LogP contribution in [0.2, 0.25) is 0 Å². The first-order valence-corrected chi connectivity index (χ1v) is 7.79. The zero-order valence-corrected chi connectivity index (χ0v) is 13.4. The van der Waals surface area contributed by atoms with E-state index in [9.17, 15) is 4.79 Å². The quantitative estimate of drug-likeness (QED) is 0.581. The summed E-state index contributed by atoms with van der Waals surface area (Å²) in [5, 5.41) is 3.12. The van der Waals surface area contributed by atoms with E-state index in [1.165, 1.54) is 12.8 Å². The van der Waals surface area contributed by atoms with E-state index in [4.69, 9.17) is 5.84 Å². The van der Waals surface area contributed by atoms with E-state index in [2.05, 4.69) is 45.5 Å². The second-order valence-electron chi connectivity index (χ2n) is 5.38. The molecule has 0 aliphatic heterocycles. The third kappa shape index (κ3) is 3.12. The minimum atomic E-state index is -0.125. The van der Waals surface area contributed by atoms with Crippen LogP contribution in [-0.4, -0.2) is 16.9 Å². The van der Waals surface area contributed by atoms with Crippen molar-refractivity contribution < 1.29 is 4.79 Å². The van der Waals surface area contributed by atoms with Crippen LogP contribution in [0.15, 0.2) is 16.7 Å². The third-order valence-corrected chi connectivity index (χ3v) is 4.74. The van der Waals surface area contributed by atoms with Crippen LogP contribution in [0.3, 0.4) is 0 Å². The molecule has 1 aliphatic rings. The number of nitrogens with one attached hydrogen (secondary N) is 2. The maximum Gasteiger partial charge on any atom is 0.255 e. The summed E-state index contributed by atoms with van der Waals surface area (Å²) in [4.78, 5) is 16.5. The van der Waals surface area contributed by atoms with Crippen LogP contribution in [0.25, 0.3) is 0 Å². The highest BCUT2D eigenvalue weighted by Crippen LogP contribution is 2.34. The van der Waals surface area contributed by atoms with Crippen LogP contribution in [0.4, 0.5) is 5.82 Å². The van der Waals surface area contributed by atoms with Gasteiger partial charge in [0.25, 0.3) is 5.91 Å². The van der Waals surface area contributed by atoms with Crippen molar-refractivity contribution in [3.05, 3.63) is 22.3 Å². The van der Waals surface area contributed by atoms with Gasteiger partial charge in [-0.3, -0.25) is 4.79 Å². The number of nitrogen functional groups attached to an aromatic ring is 1. The lowest BCUT2D eigenvalue weighted by Crippen LogP contribution is -2.38. The summed E-state index contributed by atoms with van der Waals surface area (Å²) in [6, 6.07) is 1.96.